The van der Waals surface area contributed by atoms with Crippen LogP contribution in [0.15, 0.2) is 78.9 Å². The van der Waals surface area contributed by atoms with Gasteiger partial charge in [0.15, 0.2) is 5.82 Å². The Morgan fingerprint density at radius 1 is 0.971 bits per heavy atom. The van der Waals surface area contributed by atoms with Crippen molar-refractivity contribution in [2.75, 3.05) is 18.0 Å². The van der Waals surface area contributed by atoms with E-state index in [0.717, 1.165) is 49.1 Å². The Morgan fingerprint density at radius 3 is 2.35 bits per heavy atom. The molecule has 0 atom stereocenters. The van der Waals surface area contributed by atoms with Crippen LogP contribution < -0.4 is 4.90 Å². The molecule has 174 valence electrons. The van der Waals surface area contributed by atoms with Crippen LogP contribution in [0.2, 0.25) is 0 Å². The first-order valence-electron chi connectivity index (χ1n) is 12.0. The zero-order valence-electron chi connectivity index (χ0n) is 19.4. The van der Waals surface area contributed by atoms with Gasteiger partial charge in [0.2, 0.25) is 5.91 Å². The second-order valence-corrected chi connectivity index (χ2v) is 8.84. The first-order chi connectivity index (χ1) is 16.6. The first-order valence-corrected chi connectivity index (χ1v) is 12.0. The standard InChI is InChI=1S/C28H29FN4O/c1-2-27(34)32(23-16-18-31(19-17-23)20-21-8-4-3-5-9-21)28-25-10-6-7-11-26(25)33(30-28)24-14-12-22(29)13-15-24/h3-15,23H,2,16-20H2,1H3. The van der Waals surface area contributed by atoms with Crippen LogP contribution in [0.1, 0.15) is 31.7 Å². The smallest absolute Gasteiger partial charge is 0.228 e. The van der Waals surface area contributed by atoms with Gasteiger partial charge in [-0.15, -0.1) is 5.10 Å². The minimum Gasteiger partial charge on any atom is -0.299 e. The number of anilines is 1. The van der Waals surface area contributed by atoms with Gasteiger partial charge in [-0.3, -0.25) is 14.6 Å². The lowest BCUT2D eigenvalue weighted by molar-refractivity contribution is -0.119. The van der Waals surface area contributed by atoms with Gasteiger partial charge in [0.25, 0.3) is 0 Å². The van der Waals surface area contributed by atoms with E-state index in [0.29, 0.717) is 12.2 Å². The van der Waals surface area contributed by atoms with Gasteiger partial charge in [-0.1, -0.05) is 49.4 Å². The second kappa shape index (κ2) is 9.77. The molecule has 0 aliphatic carbocycles. The van der Waals surface area contributed by atoms with Gasteiger partial charge in [-0.05, 0) is 54.8 Å². The maximum absolute atomic E-state index is 13.5. The molecule has 6 heteroatoms. The summed E-state index contributed by atoms with van der Waals surface area (Å²) in [5, 5.41) is 5.84. The van der Waals surface area contributed by atoms with Crippen LogP contribution in [0.4, 0.5) is 10.2 Å². The molecule has 1 saturated heterocycles. The minimum absolute atomic E-state index is 0.0796. The normalized spacial score (nSPS) is 15.0. The summed E-state index contributed by atoms with van der Waals surface area (Å²) in [6.45, 7) is 4.70. The van der Waals surface area contributed by atoms with Crippen LogP contribution in [0.5, 0.6) is 0 Å². The summed E-state index contributed by atoms with van der Waals surface area (Å²) < 4.78 is 15.3. The molecule has 0 unspecified atom stereocenters. The molecule has 34 heavy (non-hydrogen) atoms. The van der Waals surface area contributed by atoms with Crippen LogP contribution >= 0.6 is 0 Å². The number of nitrogens with zero attached hydrogens (tertiary/aromatic N) is 4. The van der Waals surface area contributed by atoms with Crippen molar-refractivity contribution in [2.45, 2.75) is 38.8 Å². The molecular formula is C28H29FN4O. The number of carbonyl (C=O) groups excluding carboxylic acids is 1. The molecule has 0 saturated carbocycles. The van der Waals surface area contributed by atoms with Crippen molar-refractivity contribution in [1.29, 1.82) is 0 Å². The van der Waals surface area contributed by atoms with Gasteiger partial charge < -0.3 is 0 Å². The lowest BCUT2D eigenvalue weighted by atomic mass is 10.0. The third-order valence-corrected chi connectivity index (χ3v) is 6.61. The number of likely N-dealkylation sites (tertiary alicyclic amines) is 1. The number of halogens is 1. The highest BCUT2D eigenvalue weighted by Crippen LogP contribution is 2.32. The number of aromatic nitrogens is 2. The van der Waals surface area contributed by atoms with Gasteiger partial charge in [-0.25, -0.2) is 9.07 Å². The quantitative estimate of drug-likeness (QED) is 0.381. The number of carbonyl (C=O) groups is 1. The van der Waals surface area contributed by atoms with E-state index >= 15 is 0 Å². The molecule has 1 aliphatic rings. The molecule has 5 nitrogen and oxygen atoms in total. The molecule has 0 radical (unpaired) electrons. The largest absolute Gasteiger partial charge is 0.299 e. The van der Waals surface area contributed by atoms with Gasteiger partial charge in [0, 0.05) is 37.5 Å². The molecule has 5 rings (SSSR count). The Hall–Kier alpha value is -3.51. The fourth-order valence-electron chi connectivity index (χ4n) is 4.85. The number of hydrogen-bond acceptors (Lipinski definition) is 3. The lowest BCUT2D eigenvalue weighted by Gasteiger charge is -2.37. The summed E-state index contributed by atoms with van der Waals surface area (Å²) in [7, 11) is 0. The maximum atomic E-state index is 13.5. The molecule has 0 bridgehead atoms. The predicted octanol–water partition coefficient (Wildman–Crippen LogP) is 5.57. The Labute approximate surface area is 199 Å². The summed E-state index contributed by atoms with van der Waals surface area (Å²) in [5.41, 5.74) is 2.98. The average Bonchev–Trinajstić information content (AvgIpc) is 3.25. The van der Waals surface area contributed by atoms with E-state index in [4.69, 9.17) is 5.10 Å². The summed E-state index contributed by atoms with van der Waals surface area (Å²) in [6.07, 6.45) is 2.22. The molecule has 1 amide bonds. The van der Waals surface area contributed by atoms with Crippen molar-refractivity contribution < 1.29 is 9.18 Å². The maximum Gasteiger partial charge on any atom is 0.228 e. The van der Waals surface area contributed by atoms with E-state index in [1.54, 1.807) is 12.1 Å². The molecule has 3 aromatic carbocycles. The monoisotopic (exact) mass is 456 g/mol. The zero-order chi connectivity index (χ0) is 23.5. The molecule has 1 fully saturated rings. The SMILES string of the molecule is CCC(=O)N(c1nn(-c2ccc(F)cc2)c2ccccc12)C1CCN(Cc2ccccc2)CC1. The van der Waals surface area contributed by atoms with Crippen LogP contribution in [0.25, 0.3) is 16.6 Å². The highest BCUT2D eigenvalue weighted by atomic mass is 19.1. The predicted molar refractivity (Wildman–Crippen MR) is 134 cm³/mol. The number of amides is 1. The van der Waals surface area contributed by atoms with Crippen molar-refractivity contribution in [2.24, 2.45) is 0 Å². The third-order valence-electron chi connectivity index (χ3n) is 6.61. The average molecular weight is 457 g/mol. The molecule has 4 aromatic rings. The molecule has 1 aromatic heterocycles. The van der Waals surface area contributed by atoms with Crippen molar-refractivity contribution in [3.8, 4) is 5.69 Å². The topological polar surface area (TPSA) is 41.4 Å². The van der Waals surface area contributed by atoms with Gasteiger partial charge in [-0.2, -0.15) is 0 Å². The Kier molecular flexibility index (Phi) is 6.41. The Morgan fingerprint density at radius 2 is 1.65 bits per heavy atom. The van der Waals surface area contributed by atoms with Gasteiger partial charge in [0.1, 0.15) is 5.82 Å². The molecule has 0 spiro atoms. The van der Waals surface area contributed by atoms with Crippen molar-refractivity contribution in [3.05, 3.63) is 90.2 Å². The molecule has 0 N–H and O–H groups in total. The van der Waals surface area contributed by atoms with Crippen molar-refractivity contribution in [1.82, 2.24) is 14.7 Å². The van der Waals surface area contributed by atoms with Crippen molar-refractivity contribution in [3.63, 3.8) is 0 Å². The van der Waals surface area contributed by atoms with E-state index in [1.165, 1.54) is 17.7 Å². The number of para-hydroxylation sites is 1. The number of hydrogen-bond donors (Lipinski definition) is 0. The minimum atomic E-state index is -0.287. The van der Waals surface area contributed by atoms with E-state index in [2.05, 4.69) is 29.2 Å². The Balaban J connectivity index is 1.45. The highest BCUT2D eigenvalue weighted by Gasteiger charge is 2.31. The van der Waals surface area contributed by atoms with E-state index in [9.17, 15) is 9.18 Å². The van der Waals surface area contributed by atoms with Crippen molar-refractivity contribution >= 4 is 22.6 Å². The fourth-order valence-corrected chi connectivity index (χ4v) is 4.85. The fraction of sp³-hybridized carbons (Fsp3) is 0.286. The molecule has 1 aliphatic heterocycles. The van der Waals surface area contributed by atoms with Crippen LogP contribution in [0.3, 0.4) is 0 Å². The van der Waals surface area contributed by atoms with Crippen LogP contribution in [-0.4, -0.2) is 39.7 Å². The molecule has 2 heterocycles. The second-order valence-electron chi connectivity index (χ2n) is 8.84. The zero-order valence-corrected chi connectivity index (χ0v) is 19.4. The number of fused-ring (bicyclic) bond motifs is 1. The summed E-state index contributed by atoms with van der Waals surface area (Å²) in [4.78, 5) is 17.6. The third kappa shape index (κ3) is 4.46. The molecular weight excluding hydrogens is 427 g/mol. The van der Waals surface area contributed by atoms with Gasteiger partial charge in [0.05, 0.1) is 11.2 Å². The number of benzene rings is 3. The first kappa shape index (κ1) is 22.3. The van der Waals surface area contributed by atoms with E-state index < -0.39 is 0 Å². The summed E-state index contributed by atoms with van der Waals surface area (Å²) in [6, 6.07) is 24.8. The lowest BCUT2D eigenvalue weighted by Crippen LogP contribution is -2.47. The summed E-state index contributed by atoms with van der Waals surface area (Å²) >= 11 is 0. The van der Waals surface area contributed by atoms with Crippen LogP contribution in [0, 0.1) is 5.82 Å². The highest BCUT2D eigenvalue weighted by molar-refractivity contribution is 6.02. The van der Waals surface area contributed by atoms with E-state index in [1.807, 2.05) is 46.8 Å². The number of piperidine rings is 1. The summed E-state index contributed by atoms with van der Waals surface area (Å²) in [5.74, 6) is 0.481. The number of rotatable bonds is 6. The Bertz CT molecular complexity index is 1260. The van der Waals surface area contributed by atoms with E-state index in [-0.39, 0.29) is 17.8 Å². The van der Waals surface area contributed by atoms with Gasteiger partial charge >= 0.3 is 0 Å². The van der Waals surface area contributed by atoms with Crippen LogP contribution in [-0.2, 0) is 11.3 Å².